The van der Waals surface area contributed by atoms with E-state index in [1.54, 1.807) is 0 Å². The molecule has 1 aliphatic rings. The summed E-state index contributed by atoms with van der Waals surface area (Å²) in [6, 6.07) is 13.9. The van der Waals surface area contributed by atoms with E-state index in [4.69, 9.17) is 0 Å². The number of carbonyl (C=O) groups is 1. The van der Waals surface area contributed by atoms with Crippen molar-refractivity contribution in [2.45, 2.75) is 25.6 Å². The van der Waals surface area contributed by atoms with Crippen LogP contribution in [0.25, 0.3) is 0 Å². The van der Waals surface area contributed by atoms with Crippen LogP contribution < -0.4 is 9.73 Å². The average molecular weight is 483 g/mol. The summed E-state index contributed by atoms with van der Waals surface area (Å²) in [5, 5.41) is 4.10. The Kier molecular flexibility index (Phi) is 7.75. The number of halogens is 3. The lowest BCUT2D eigenvalue weighted by Gasteiger charge is -2.27. The van der Waals surface area contributed by atoms with Gasteiger partial charge < -0.3 is 0 Å². The summed E-state index contributed by atoms with van der Waals surface area (Å²) in [7, 11) is -4.01. The summed E-state index contributed by atoms with van der Waals surface area (Å²) >= 11 is 0. The number of nitrogens with one attached hydrogen (secondary N) is 1. The van der Waals surface area contributed by atoms with Gasteiger partial charge in [0, 0.05) is 38.2 Å². The number of nitrogens with zero attached hydrogens (tertiary/aromatic N) is 3. The minimum absolute atomic E-state index is 0.246. The fraction of sp³-hybridized carbons (Fsp3) is 0.364. The van der Waals surface area contributed by atoms with Crippen LogP contribution in [-0.4, -0.2) is 50.8 Å². The maximum Gasteiger partial charge on any atom is 0.416 e. The Morgan fingerprint density at radius 1 is 1.09 bits per heavy atom. The van der Waals surface area contributed by atoms with E-state index in [1.807, 2.05) is 18.2 Å². The molecule has 3 rings (SSSR count). The van der Waals surface area contributed by atoms with E-state index in [0.29, 0.717) is 23.2 Å². The van der Waals surface area contributed by atoms with Crippen molar-refractivity contribution in [3.05, 3.63) is 65.7 Å². The zero-order chi connectivity index (χ0) is 24.1. The summed E-state index contributed by atoms with van der Waals surface area (Å²) in [4.78, 5) is 14.6. The van der Waals surface area contributed by atoms with Gasteiger partial charge in [0.05, 0.1) is 17.5 Å². The number of carbonyl (C=O) groups excluding carboxylic acids is 1. The summed E-state index contributed by atoms with van der Waals surface area (Å²) in [6.45, 7) is 1.67. The zero-order valence-corrected chi connectivity index (χ0v) is 18.9. The van der Waals surface area contributed by atoms with Crippen LogP contribution in [0.1, 0.15) is 24.0 Å². The topological polar surface area (TPSA) is 82.1 Å². The van der Waals surface area contributed by atoms with Gasteiger partial charge in [0.1, 0.15) is 6.54 Å². The molecule has 0 unspecified atom stereocenters. The number of likely N-dealkylation sites (tertiary alicyclic amines) is 1. The van der Waals surface area contributed by atoms with Crippen molar-refractivity contribution < 1.29 is 26.4 Å². The van der Waals surface area contributed by atoms with E-state index in [-0.39, 0.29) is 5.69 Å². The second kappa shape index (κ2) is 10.3. The van der Waals surface area contributed by atoms with Crippen LogP contribution in [0.5, 0.6) is 0 Å². The minimum atomic E-state index is -4.64. The molecule has 11 heteroatoms. The summed E-state index contributed by atoms with van der Waals surface area (Å²) in [5.74, 6) is -0.739. The first-order valence-electron chi connectivity index (χ1n) is 10.3. The second-order valence-corrected chi connectivity index (χ2v) is 9.70. The molecule has 1 saturated heterocycles. The molecule has 0 spiro atoms. The molecule has 2 aromatic carbocycles. The van der Waals surface area contributed by atoms with Crippen LogP contribution in [0.15, 0.2) is 59.7 Å². The highest BCUT2D eigenvalue weighted by Crippen LogP contribution is 2.32. The van der Waals surface area contributed by atoms with Crippen molar-refractivity contribution in [3.63, 3.8) is 0 Å². The van der Waals surface area contributed by atoms with E-state index in [0.717, 1.165) is 43.7 Å². The Morgan fingerprint density at radius 3 is 2.36 bits per heavy atom. The lowest BCUT2D eigenvalue weighted by atomic mass is 10.1. The monoisotopic (exact) mass is 482 g/mol. The van der Waals surface area contributed by atoms with Crippen molar-refractivity contribution in [2.75, 3.05) is 30.2 Å². The Balaban J connectivity index is 1.59. The van der Waals surface area contributed by atoms with Crippen molar-refractivity contribution in [2.24, 2.45) is 5.10 Å². The van der Waals surface area contributed by atoms with Gasteiger partial charge in [-0.1, -0.05) is 36.4 Å². The number of piperidine rings is 1. The van der Waals surface area contributed by atoms with Crippen LogP contribution in [0, 0.1) is 0 Å². The van der Waals surface area contributed by atoms with Crippen LogP contribution in [0.2, 0.25) is 0 Å². The number of hydrazone groups is 1. The van der Waals surface area contributed by atoms with Crippen molar-refractivity contribution in [3.8, 4) is 0 Å². The van der Waals surface area contributed by atoms with Gasteiger partial charge in [-0.3, -0.25) is 14.0 Å². The number of hydrogen-bond donors (Lipinski definition) is 1. The predicted molar refractivity (Wildman–Crippen MR) is 120 cm³/mol. The molecular weight excluding hydrogens is 457 g/mol. The summed E-state index contributed by atoms with van der Waals surface area (Å²) in [5.41, 5.74) is 3.07. The molecule has 1 amide bonds. The van der Waals surface area contributed by atoms with E-state index < -0.39 is 34.2 Å². The van der Waals surface area contributed by atoms with E-state index in [2.05, 4.69) is 27.6 Å². The van der Waals surface area contributed by atoms with Crippen molar-refractivity contribution >= 4 is 27.3 Å². The summed E-state index contributed by atoms with van der Waals surface area (Å²) < 4.78 is 63.9. The Morgan fingerprint density at radius 2 is 1.76 bits per heavy atom. The molecule has 2 aromatic rings. The molecule has 1 fully saturated rings. The Labute approximate surface area is 190 Å². The third kappa shape index (κ3) is 7.29. The average Bonchev–Trinajstić information content (AvgIpc) is 2.76. The molecule has 33 heavy (non-hydrogen) atoms. The molecule has 1 N–H and O–H groups in total. The molecule has 0 aromatic heterocycles. The lowest BCUT2D eigenvalue weighted by Crippen LogP contribution is -2.40. The van der Waals surface area contributed by atoms with Gasteiger partial charge in [0.2, 0.25) is 10.0 Å². The first-order chi connectivity index (χ1) is 15.5. The van der Waals surface area contributed by atoms with E-state index in [1.165, 1.54) is 11.6 Å². The molecule has 0 bridgehead atoms. The van der Waals surface area contributed by atoms with Gasteiger partial charge in [0.15, 0.2) is 0 Å². The Bertz CT molecular complexity index is 1100. The Hall–Kier alpha value is -2.92. The molecule has 0 aliphatic carbocycles. The second-order valence-electron chi connectivity index (χ2n) is 7.79. The maximum atomic E-state index is 13.0. The first-order valence-corrected chi connectivity index (χ1v) is 12.1. The number of hydrogen-bond acceptors (Lipinski definition) is 5. The molecule has 0 radical (unpaired) electrons. The maximum absolute atomic E-state index is 13.0. The standard InChI is InChI=1S/C22H25F3N4O3S/c1-33(31,32)29(20-9-5-8-18(14-20)22(23,24)25)16-21(30)27-26-19-10-12-28(13-11-19)15-17-6-3-2-4-7-17/h2-9,14H,10-13,15-16H2,1H3,(H,27,30). The number of sulfonamides is 1. The molecule has 7 nitrogen and oxygen atoms in total. The van der Waals surface area contributed by atoms with Crippen LogP contribution in [0.3, 0.4) is 0 Å². The molecule has 0 atom stereocenters. The summed E-state index contributed by atoms with van der Waals surface area (Å²) in [6.07, 6.45) is -2.51. The highest BCUT2D eigenvalue weighted by atomic mass is 32.2. The molecular formula is C22H25F3N4O3S. The normalized spacial score (nSPS) is 15.2. The number of amides is 1. The smallest absolute Gasteiger partial charge is 0.298 e. The lowest BCUT2D eigenvalue weighted by molar-refractivity contribution is -0.137. The van der Waals surface area contributed by atoms with Gasteiger partial charge in [-0.25, -0.2) is 13.8 Å². The minimum Gasteiger partial charge on any atom is -0.298 e. The van der Waals surface area contributed by atoms with Gasteiger partial charge in [0.25, 0.3) is 5.91 Å². The molecule has 1 aliphatic heterocycles. The van der Waals surface area contributed by atoms with Gasteiger partial charge in [-0.05, 0) is 23.8 Å². The SMILES string of the molecule is CS(=O)(=O)N(CC(=O)NN=C1CCN(Cc2ccccc2)CC1)c1cccc(C(F)(F)F)c1. The zero-order valence-electron chi connectivity index (χ0n) is 18.0. The van der Waals surface area contributed by atoms with Gasteiger partial charge >= 0.3 is 6.18 Å². The highest BCUT2D eigenvalue weighted by molar-refractivity contribution is 7.92. The van der Waals surface area contributed by atoms with Crippen molar-refractivity contribution in [1.82, 2.24) is 10.3 Å². The van der Waals surface area contributed by atoms with Crippen LogP contribution >= 0.6 is 0 Å². The number of alkyl halides is 3. The first kappa shape index (κ1) is 24.7. The fourth-order valence-electron chi connectivity index (χ4n) is 3.47. The van der Waals surface area contributed by atoms with E-state index >= 15 is 0 Å². The van der Waals surface area contributed by atoms with Gasteiger partial charge in [-0.2, -0.15) is 18.3 Å². The third-order valence-electron chi connectivity index (χ3n) is 5.17. The van der Waals surface area contributed by atoms with Crippen molar-refractivity contribution in [1.29, 1.82) is 0 Å². The quantitative estimate of drug-likeness (QED) is 0.615. The van der Waals surface area contributed by atoms with Crippen LogP contribution in [-0.2, 0) is 27.5 Å². The molecule has 0 saturated carbocycles. The van der Waals surface area contributed by atoms with Crippen LogP contribution in [0.4, 0.5) is 18.9 Å². The number of benzene rings is 2. The molecule has 1 heterocycles. The highest BCUT2D eigenvalue weighted by Gasteiger charge is 2.32. The van der Waals surface area contributed by atoms with E-state index in [9.17, 15) is 26.4 Å². The predicted octanol–water partition coefficient (Wildman–Crippen LogP) is 3.24. The third-order valence-corrected chi connectivity index (χ3v) is 6.31. The molecule has 178 valence electrons. The fourth-order valence-corrected chi connectivity index (χ4v) is 4.32. The number of anilines is 1. The number of rotatable bonds is 7. The largest absolute Gasteiger partial charge is 0.416 e. The van der Waals surface area contributed by atoms with Gasteiger partial charge in [-0.15, -0.1) is 0 Å².